The van der Waals surface area contributed by atoms with Crippen LogP contribution in [0.2, 0.25) is 0 Å². The smallest absolute Gasteiger partial charge is 0.175 e. The van der Waals surface area contributed by atoms with Crippen molar-refractivity contribution in [2.75, 3.05) is 5.32 Å². The minimum Gasteiger partial charge on any atom is -0.507 e. The second kappa shape index (κ2) is 5.67. The summed E-state index contributed by atoms with van der Waals surface area (Å²) in [6.45, 7) is 3.76. The second-order valence-corrected chi connectivity index (χ2v) is 7.06. The molecule has 2 heterocycles. The molecule has 25 heavy (non-hydrogen) atoms. The molecule has 0 radical (unpaired) electrons. The van der Waals surface area contributed by atoms with Gasteiger partial charge in [-0.2, -0.15) is 0 Å². The fraction of sp³-hybridized carbons (Fsp3) is 0.316. The first-order valence-electron chi connectivity index (χ1n) is 8.33. The first kappa shape index (κ1) is 15.8. The minimum absolute atomic E-state index is 0.160. The van der Waals surface area contributed by atoms with Gasteiger partial charge in [0.05, 0.1) is 5.60 Å². The Balaban J connectivity index is 1.77. The van der Waals surface area contributed by atoms with Crippen LogP contribution in [-0.2, 0) is 0 Å². The van der Waals surface area contributed by atoms with Crippen LogP contribution < -0.4 is 5.32 Å². The van der Waals surface area contributed by atoms with E-state index in [2.05, 4.69) is 20.5 Å². The van der Waals surface area contributed by atoms with Gasteiger partial charge in [-0.25, -0.2) is 0 Å². The summed E-state index contributed by atoms with van der Waals surface area (Å²) in [5, 5.41) is 33.0. The molecule has 1 fully saturated rings. The third-order valence-corrected chi connectivity index (χ3v) is 4.66. The number of fused-ring (bicyclic) bond motifs is 1. The van der Waals surface area contributed by atoms with E-state index in [1.807, 2.05) is 38.1 Å². The monoisotopic (exact) mass is 336 g/mol. The average molecular weight is 336 g/mol. The molecular weight excluding hydrogens is 316 g/mol. The summed E-state index contributed by atoms with van der Waals surface area (Å²) >= 11 is 0. The van der Waals surface area contributed by atoms with Crippen molar-refractivity contribution in [2.45, 2.75) is 38.3 Å². The molecule has 0 unspecified atom stereocenters. The van der Waals surface area contributed by atoms with Gasteiger partial charge in [-0.15, -0.1) is 10.2 Å². The molecule has 3 aromatic rings. The van der Waals surface area contributed by atoms with E-state index in [4.69, 9.17) is 0 Å². The van der Waals surface area contributed by atoms with Crippen molar-refractivity contribution in [3.63, 3.8) is 0 Å². The van der Waals surface area contributed by atoms with Gasteiger partial charge < -0.3 is 15.5 Å². The maximum atomic E-state index is 10.3. The molecule has 0 aliphatic heterocycles. The van der Waals surface area contributed by atoms with E-state index in [9.17, 15) is 10.2 Å². The normalized spacial score (nSPS) is 22.6. The summed E-state index contributed by atoms with van der Waals surface area (Å²) in [6.07, 6.45) is 3.05. The molecule has 1 saturated carbocycles. The van der Waals surface area contributed by atoms with Crippen molar-refractivity contribution in [1.29, 1.82) is 0 Å². The minimum atomic E-state index is -0.609. The number of pyridine rings is 1. The highest BCUT2D eigenvalue weighted by molar-refractivity contribution is 5.98. The molecule has 0 amide bonds. The summed E-state index contributed by atoms with van der Waals surface area (Å²) in [5.41, 5.74) is 2.31. The topological polar surface area (TPSA) is 91.2 Å². The fourth-order valence-corrected chi connectivity index (χ4v) is 3.42. The Morgan fingerprint density at radius 1 is 1.20 bits per heavy atom. The second-order valence-electron chi connectivity index (χ2n) is 7.06. The van der Waals surface area contributed by atoms with E-state index >= 15 is 0 Å². The number of anilines is 1. The van der Waals surface area contributed by atoms with Gasteiger partial charge in [0.1, 0.15) is 17.0 Å². The summed E-state index contributed by atoms with van der Waals surface area (Å²) in [6, 6.07) is 9.42. The highest BCUT2D eigenvalue weighted by atomic mass is 16.3. The first-order valence-corrected chi connectivity index (χ1v) is 8.33. The SMILES string of the molecule is Cc1ccc(-c2nnc(NC3CC(C)(O)C3)c3ncccc23)c(O)c1. The van der Waals surface area contributed by atoms with Crippen molar-refractivity contribution < 1.29 is 10.2 Å². The number of rotatable bonds is 3. The zero-order valence-corrected chi connectivity index (χ0v) is 14.2. The zero-order valence-electron chi connectivity index (χ0n) is 14.2. The lowest BCUT2D eigenvalue weighted by Crippen LogP contribution is -2.48. The number of hydrogen-bond acceptors (Lipinski definition) is 6. The Kier molecular flexibility index (Phi) is 3.58. The highest BCUT2D eigenvalue weighted by Crippen LogP contribution is 2.37. The number of aromatic nitrogens is 3. The summed E-state index contributed by atoms with van der Waals surface area (Å²) in [4.78, 5) is 4.45. The van der Waals surface area contributed by atoms with Crippen LogP contribution in [0, 0.1) is 6.92 Å². The molecule has 0 atom stereocenters. The first-order chi connectivity index (χ1) is 11.9. The van der Waals surface area contributed by atoms with Gasteiger partial charge in [-0.3, -0.25) is 4.98 Å². The lowest BCUT2D eigenvalue weighted by Gasteiger charge is -2.41. The summed E-state index contributed by atoms with van der Waals surface area (Å²) < 4.78 is 0. The Morgan fingerprint density at radius 3 is 2.72 bits per heavy atom. The standard InChI is InChI=1S/C19H20N4O2/c1-11-5-6-13(15(24)8-11)16-14-4-3-7-20-17(14)18(23-22-16)21-12-9-19(2,25)10-12/h3-8,12,24-25H,9-10H2,1-2H3,(H,21,23). The van der Waals surface area contributed by atoms with Gasteiger partial charge in [-0.1, -0.05) is 6.07 Å². The molecule has 0 bridgehead atoms. The molecule has 2 aromatic heterocycles. The highest BCUT2D eigenvalue weighted by Gasteiger charge is 2.38. The Labute approximate surface area is 145 Å². The van der Waals surface area contributed by atoms with Crippen LogP contribution in [0.4, 0.5) is 5.82 Å². The van der Waals surface area contributed by atoms with Gasteiger partial charge >= 0.3 is 0 Å². The number of aryl methyl sites for hydroxylation is 1. The van der Waals surface area contributed by atoms with Crippen LogP contribution in [0.25, 0.3) is 22.2 Å². The molecule has 6 heteroatoms. The van der Waals surface area contributed by atoms with Gasteiger partial charge in [-0.05, 0) is 56.5 Å². The van der Waals surface area contributed by atoms with Gasteiger partial charge in [0.15, 0.2) is 5.82 Å². The van der Waals surface area contributed by atoms with E-state index in [-0.39, 0.29) is 11.8 Å². The van der Waals surface area contributed by atoms with Crippen LogP contribution in [0.5, 0.6) is 5.75 Å². The van der Waals surface area contributed by atoms with Crippen LogP contribution in [0.1, 0.15) is 25.3 Å². The number of benzene rings is 1. The van der Waals surface area contributed by atoms with E-state index in [0.29, 0.717) is 35.4 Å². The van der Waals surface area contributed by atoms with Gasteiger partial charge in [0, 0.05) is 23.2 Å². The molecule has 1 aliphatic rings. The maximum Gasteiger partial charge on any atom is 0.175 e. The van der Waals surface area contributed by atoms with Gasteiger partial charge in [0.25, 0.3) is 0 Å². The summed E-state index contributed by atoms with van der Waals surface area (Å²) in [7, 11) is 0. The zero-order chi connectivity index (χ0) is 17.6. The molecule has 1 aromatic carbocycles. The number of nitrogens with zero attached hydrogens (tertiary/aromatic N) is 3. The number of phenols is 1. The largest absolute Gasteiger partial charge is 0.507 e. The van der Waals surface area contributed by atoms with E-state index in [1.165, 1.54) is 0 Å². The molecule has 6 nitrogen and oxygen atoms in total. The predicted octanol–water partition coefficient (Wildman–Crippen LogP) is 3.03. The molecule has 4 rings (SSSR count). The quantitative estimate of drug-likeness (QED) is 0.681. The lowest BCUT2D eigenvalue weighted by atomic mass is 9.77. The van der Waals surface area contributed by atoms with Gasteiger partial charge in [0.2, 0.25) is 0 Å². The fourth-order valence-electron chi connectivity index (χ4n) is 3.42. The van der Waals surface area contributed by atoms with Crippen LogP contribution in [0.15, 0.2) is 36.5 Å². The van der Waals surface area contributed by atoms with Crippen molar-refractivity contribution in [3.05, 3.63) is 42.1 Å². The molecule has 128 valence electrons. The Hall–Kier alpha value is -2.73. The summed E-state index contributed by atoms with van der Waals surface area (Å²) in [5.74, 6) is 0.779. The van der Waals surface area contributed by atoms with E-state index in [0.717, 1.165) is 10.9 Å². The number of hydrogen-bond donors (Lipinski definition) is 3. The number of aromatic hydroxyl groups is 1. The number of aliphatic hydroxyl groups is 1. The van der Waals surface area contributed by atoms with Crippen LogP contribution in [0.3, 0.4) is 0 Å². The average Bonchev–Trinajstić information content (AvgIpc) is 2.54. The third-order valence-electron chi connectivity index (χ3n) is 4.66. The van der Waals surface area contributed by atoms with Crippen molar-refractivity contribution >= 4 is 16.7 Å². The van der Waals surface area contributed by atoms with Crippen LogP contribution in [-0.4, -0.2) is 37.0 Å². The third kappa shape index (κ3) is 2.89. The Bertz CT molecular complexity index is 947. The van der Waals surface area contributed by atoms with Crippen molar-refractivity contribution in [1.82, 2.24) is 15.2 Å². The molecule has 1 aliphatic carbocycles. The number of phenolic OH excluding ortho intramolecular Hbond substituents is 1. The van der Waals surface area contributed by atoms with Crippen molar-refractivity contribution in [3.8, 4) is 17.0 Å². The maximum absolute atomic E-state index is 10.3. The number of nitrogens with one attached hydrogen (secondary N) is 1. The predicted molar refractivity (Wildman–Crippen MR) is 96.4 cm³/mol. The molecule has 0 saturated heterocycles. The van der Waals surface area contributed by atoms with Crippen molar-refractivity contribution in [2.24, 2.45) is 0 Å². The molecular formula is C19H20N4O2. The van der Waals surface area contributed by atoms with E-state index in [1.54, 1.807) is 12.3 Å². The van der Waals surface area contributed by atoms with Crippen LogP contribution >= 0.6 is 0 Å². The molecule has 0 spiro atoms. The molecule has 3 N–H and O–H groups in total. The lowest BCUT2D eigenvalue weighted by molar-refractivity contribution is -0.0235. The van der Waals surface area contributed by atoms with E-state index < -0.39 is 5.60 Å². The Morgan fingerprint density at radius 2 is 2.00 bits per heavy atom.